The fourth-order valence-electron chi connectivity index (χ4n) is 2.29. The van der Waals surface area contributed by atoms with E-state index in [1.54, 1.807) is 36.2 Å². The SMILES string of the molecule is CN(C(=O)CN1C(=O)c2ccccc2C1=O)C1CC1. The lowest BCUT2D eigenvalue weighted by Gasteiger charge is -2.20. The van der Waals surface area contributed by atoms with Crippen LogP contribution in [0.15, 0.2) is 24.3 Å². The van der Waals surface area contributed by atoms with E-state index in [1.807, 2.05) is 0 Å². The Morgan fingerprint density at radius 3 is 2.21 bits per heavy atom. The van der Waals surface area contributed by atoms with Crippen LogP contribution in [-0.2, 0) is 4.79 Å². The van der Waals surface area contributed by atoms with E-state index in [1.165, 1.54) is 0 Å². The van der Waals surface area contributed by atoms with Crippen molar-refractivity contribution in [1.29, 1.82) is 0 Å². The number of nitrogens with zero attached hydrogens (tertiary/aromatic N) is 2. The number of rotatable bonds is 3. The standard InChI is InChI=1S/C14H14N2O3/c1-15(9-6-7-9)12(17)8-16-13(18)10-4-2-3-5-11(10)14(16)19/h2-5,9H,6-8H2,1H3. The maximum absolute atomic E-state index is 12.1. The van der Waals surface area contributed by atoms with Gasteiger partial charge in [-0.1, -0.05) is 12.1 Å². The number of benzene rings is 1. The van der Waals surface area contributed by atoms with Crippen molar-refractivity contribution >= 4 is 17.7 Å². The van der Waals surface area contributed by atoms with Gasteiger partial charge in [0.2, 0.25) is 5.91 Å². The summed E-state index contributed by atoms with van der Waals surface area (Å²) in [7, 11) is 1.72. The fraction of sp³-hybridized carbons (Fsp3) is 0.357. The molecule has 2 aliphatic rings. The monoisotopic (exact) mass is 258 g/mol. The molecule has 1 aliphatic heterocycles. The Balaban J connectivity index is 1.78. The van der Waals surface area contributed by atoms with Crippen molar-refractivity contribution in [2.24, 2.45) is 0 Å². The van der Waals surface area contributed by atoms with Gasteiger partial charge in [-0.2, -0.15) is 0 Å². The highest BCUT2D eigenvalue weighted by atomic mass is 16.2. The van der Waals surface area contributed by atoms with Crippen LogP contribution in [0.25, 0.3) is 0 Å². The van der Waals surface area contributed by atoms with E-state index in [4.69, 9.17) is 0 Å². The summed E-state index contributed by atoms with van der Waals surface area (Å²) in [6.07, 6.45) is 2.01. The fourth-order valence-corrected chi connectivity index (χ4v) is 2.29. The van der Waals surface area contributed by atoms with Crippen LogP contribution < -0.4 is 0 Å². The number of carbonyl (C=O) groups is 3. The number of fused-ring (bicyclic) bond motifs is 1. The average Bonchev–Trinajstić information content (AvgIpc) is 3.23. The van der Waals surface area contributed by atoms with Crippen LogP contribution in [0.3, 0.4) is 0 Å². The first-order chi connectivity index (χ1) is 9.09. The third-order valence-corrected chi connectivity index (χ3v) is 3.66. The highest BCUT2D eigenvalue weighted by Crippen LogP contribution is 2.26. The van der Waals surface area contributed by atoms with Crippen LogP contribution in [0.2, 0.25) is 0 Å². The summed E-state index contributed by atoms with van der Waals surface area (Å²) >= 11 is 0. The smallest absolute Gasteiger partial charge is 0.262 e. The van der Waals surface area contributed by atoms with E-state index in [0.717, 1.165) is 17.7 Å². The summed E-state index contributed by atoms with van der Waals surface area (Å²) < 4.78 is 0. The molecule has 1 saturated carbocycles. The number of amides is 3. The topological polar surface area (TPSA) is 57.7 Å². The molecular formula is C14H14N2O3. The molecule has 5 nitrogen and oxygen atoms in total. The van der Waals surface area contributed by atoms with Crippen molar-refractivity contribution in [2.75, 3.05) is 13.6 Å². The van der Waals surface area contributed by atoms with Gasteiger partial charge >= 0.3 is 0 Å². The minimum atomic E-state index is -0.377. The molecule has 19 heavy (non-hydrogen) atoms. The summed E-state index contributed by atoms with van der Waals surface area (Å²) in [5, 5.41) is 0. The van der Waals surface area contributed by atoms with Gasteiger partial charge in [-0.3, -0.25) is 19.3 Å². The highest BCUT2D eigenvalue weighted by molar-refractivity contribution is 6.22. The Hall–Kier alpha value is -2.17. The zero-order chi connectivity index (χ0) is 13.6. The Kier molecular flexibility index (Phi) is 2.62. The van der Waals surface area contributed by atoms with Crippen LogP contribution in [0, 0.1) is 0 Å². The van der Waals surface area contributed by atoms with E-state index in [9.17, 15) is 14.4 Å². The molecule has 0 saturated heterocycles. The predicted octanol–water partition coefficient (Wildman–Crippen LogP) is 0.903. The van der Waals surface area contributed by atoms with E-state index in [0.29, 0.717) is 11.1 Å². The third-order valence-electron chi connectivity index (χ3n) is 3.66. The minimum absolute atomic E-state index is 0.167. The lowest BCUT2D eigenvalue weighted by molar-refractivity contribution is -0.130. The lowest BCUT2D eigenvalue weighted by Crippen LogP contribution is -2.41. The average molecular weight is 258 g/mol. The molecule has 3 amide bonds. The van der Waals surface area contributed by atoms with Gasteiger partial charge in [0, 0.05) is 13.1 Å². The van der Waals surface area contributed by atoms with Crippen molar-refractivity contribution in [2.45, 2.75) is 18.9 Å². The number of hydrogen-bond acceptors (Lipinski definition) is 3. The van der Waals surface area contributed by atoms with Crippen molar-refractivity contribution in [3.8, 4) is 0 Å². The summed E-state index contributed by atoms with van der Waals surface area (Å²) in [5.41, 5.74) is 0.767. The molecule has 0 aromatic heterocycles. The molecule has 0 spiro atoms. The Morgan fingerprint density at radius 1 is 1.21 bits per heavy atom. The predicted molar refractivity (Wildman–Crippen MR) is 67.6 cm³/mol. The number of likely N-dealkylation sites (N-methyl/N-ethyl adjacent to an activating group) is 1. The molecule has 1 fully saturated rings. The molecule has 0 bridgehead atoms. The first-order valence-corrected chi connectivity index (χ1v) is 6.30. The number of imide groups is 1. The van der Waals surface area contributed by atoms with Gasteiger partial charge in [0.05, 0.1) is 11.1 Å². The molecule has 5 heteroatoms. The summed E-state index contributed by atoms with van der Waals surface area (Å²) in [6, 6.07) is 6.94. The maximum atomic E-state index is 12.1. The first-order valence-electron chi connectivity index (χ1n) is 6.30. The third kappa shape index (κ3) is 1.91. The van der Waals surface area contributed by atoms with Crippen LogP contribution in [0.5, 0.6) is 0 Å². The van der Waals surface area contributed by atoms with Crippen LogP contribution in [-0.4, -0.2) is 47.2 Å². The normalized spacial score (nSPS) is 17.6. The Labute approximate surface area is 110 Å². The summed E-state index contributed by atoms with van der Waals surface area (Å²) in [6.45, 7) is -0.167. The summed E-state index contributed by atoms with van der Waals surface area (Å²) in [4.78, 5) is 38.8. The zero-order valence-corrected chi connectivity index (χ0v) is 10.6. The van der Waals surface area contributed by atoms with Gasteiger partial charge < -0.3 is 4.90 Å². The largest absolute Gasteiger partial charge is 0.341 e. The molecule has 0 radical (unpaired) electrons. The summed E-state index contributed by atoms with van der Waals surface area (Å²) in [5.74, 6) is -0.937. The Bertz CT molecular complexity index is 543. The van der Waals surface area contributed by atoms with Gasteiger partial charge in [0.25, 0.3) is 11.8 Å². The lowest BCUT2D eigenvalue weighted by atomic mass is 10.1. The van der Waals surface area contributed by atoms with Gasteiger partial charge in [-0.15, -0.1) is 0 Å². The van der Waals surface area contributed by atoms with Gasteiger partial charge in [0.15, 0.2) is 0 Å². The van der Waals surface area contributed by atoms with Gasteiger partial charge in [-0.05, 0) is 25.0 Å². The minimum Gasteiger partial charge on any atom is -0.341 e. The molecule has 1 aliphatic carbocycles. The van der Waals surface area contributed by atoms with Crippen LogP contribution in [0.4, 0.5) is 0 Å². The highest BCUT2D eigenvalue weighted by Gasteiger charge is 2.38. The van der Waals surface area contributed by atoms with Crippen LogP contribution >= 0.6 is 0 Å². The second kappa shape index (κ2) is 4.19. The molecular weight excluding hydrogens is 244 g/mol. The molecule has 0 atom stereocenters. The molecule has 98 valence electrons. The van der Waals surface area contributed by atoms with Crippen LogP contribution in [0.1, 0.15) is 33.6 Å². The second-order valence-corrected chi connectivity index (χ2v) is 4.98. The van der Waals surface area contributed by atoms with Crippen molar-refractivity contribution in [1.82, 2.24) is 9.80 Å². The second-order valence-electron chi connectivity index (χ2n) is 4.98. The van der Waals surface area contributed by atoms with Crippen molar-refractivity contribution < 1.29 is 14.4 Å². The van der Waals surface area contributed by atoms with Crippen molar-refractivity contribution in [3.05, 3.63) is 35.4 Å². The molecule has 3 rings (SSSR count). The molecule has 0 N–H and O–H groups in total. The first kappa shape index (κ1) is 11.9. The molecule has 1 aromatic rings. The maximum Gasteiger partial charge on any atom is 0.262 e. The molecule has 1 heterocycles. The number of hydrogen-bond donors (Lipinski definition) is 0. The van der Waals surface area contributed by atoms with Gasteiger partial charge in [0.1, 0.15) is 6.54 Å². The van der Waals surface area contributed by atoms with Gasteiger partial charge in [-0.25, -0.2) is 0 Å². The van der Waals surface area contributed by atoms with E-state index in [-0.39, 0.29) is 30.3 Å². The van der Waals surface area contributed by atoms with E-state index < -0.39 is 0 Å². The number of carbonyl (C=O) groups excluding carboxylic acids is 3. The van der Waals surface area contributed by atoms with E-state index >= 15 is 0 Å². The van der Waals surface area contributed by atoms with E-state index in [2.05, 4.69) is 0 Å². The molecule has 1 aromatic carbocycles. The van der Waals surface area contributed by atoms with Crippen molar-refractivity contribution in [3.63, 3.8) is 0 Å². The molecule has 0 unspecified atom stereocenters. The quantitative estimate of drug-likeness (QED) is 0.757. The Morgan fingerprint density at radius 2 is 1.74 bits per heavy atom. The zero-order valence-electron chi connectivity index (χ0n) is 10.6.